The van der Waals surface area contributed by atoms with Crippen molar-refractivity contribution in [1.82, 2.24) is 0 Å². The second-order valence-electron chi connectivity index (χ2n) is 4.06. The Labute approximate surface area is 100 Å². The zero-order valence-corrected chi connectivity index (χ0v) is 9.83. The fourth-order valence-electron chi connectivity index (χ4n) is 2.01. The molecule has 1 aliphatic heterocycles. The quantitative estimate of drug-likeness (QED) is 0.765. The van der Waals surface area contributed by atoms with Gasteiger partial charge >= 0.3 is 0 Å². The van der Waals surface area contributed by atoms with Crippen molar-refractivity contribution in [2.24, 2.45) is 0 Å². The first kappa shape index (κ1) is 11.3. The van der Waals surface area contributed by atoms with Crippen molar-refractivity contribution in [1.29, 1.82) is 0 Å². The van der Waals surface area contributed by atoms with Crippen molar-refractivity contribution >= 4 is 28.9 Å². The summed E-state index contributed by atoms with van der Waals surface area (Å²) >= 11 is 5.84. The maximum atomic E-state index is 11.9. The standard InChI is InChI=1S/C12H15ClN2O/c13-9-5-6-11(10(14)8-9)15-7-3-1-2-4-12(15)16/h5-6,8H,1-4,7,14H2. The number of hydrogen-bond acceptors (Lipinski definition) is 2. The van der Waals surface area contributed by atoms with Gasteiger partial charge in [-0.05, 0) is 31.0 Å². The molecule has 0 aliphatic carbocycles. The van der Waals surface area contributed by atoms with Crippen LogP contribution in [0.15, 0.2) is 18.2 Å². The van der Waals surface area contributed by atoms with Crippen LogP contribution in [0.4, 0.5) is 11.4 Å². The molecule has 0 saturated carbocycles. The minimum atomic E-state index is 0.159. The number of nitrogens with zero attached hydrogens (tertiary/aromatic N) is 1. The zero-order valence-electron chi connectivity index (χ0n) is 9.08. The number of anilines is 2. The topological polar surface area (TPSA) is 46.3 Å². The largest absolute Gasteiger partial charge is 0.397 e. The summed E-state index contributed by atoms with van der Waals surface area (Å²) in [5, 5.41) is 0.600. The molecule has 1 fully saturated rings. The van der Waals surface area contributed by atoms with E-state index in [9.17, 15) is 4.79 Å². The number of halogens is 1. The average Bonchev–Trinajstić information content (AvgIpc) is 2.44. The Morgan fingerprint density at radius 1 is 1.25 bits per heavy atom. The summed E-state index contributed by atoms with van der Waals surface area (Å²) in [7, 11) is 0. The molecule has 4 heteroatoms. The Kier molecular flexibility index (Phi) is 3.34. The molecule has 1 heterocycles. The van der Waals surface area contributed by atoms with Crippen molar-refractivity contribution in [3.63, 3.8) is 0 Å². The Balaban J connectivity index is 2.30. The van der Waals surface area contributed by atoms with Gasteiger partial charge in [-0.1, -0.05) is 18.0 Å². The maximum Gasteiger partial charge on any atom is 0.227 e. The van der Waals surface area contributed by atoms with E-state index in [2.05, 4.69) is 0 Å². The number of carbonyl (C=O) groups excluding carboxylic acids is 1. The van der Waals surface area contributed by atoms with E-state index in [0.717, 1.165) is 31.5 Å². The molecule has 2 N–H and O–H groups in total. The normalized spacial score (nSPS) is 17.3. The van der Waals surface area contributed by atoms with E-state index in [-0.39, 0.29) is 5.91 Å². The summed E-state index contributed by atoms with van der Waals surface area (Å²) in [5.74, 6) is 0.159. The van der Waals surface area contributed by atoms with E-state index in [1.54, 1.807) is 17.0 Å². The van der Waals surface area contributed by atoms with Crippen LogP contribution in [0.25, 0.3) is 0 Å². The molecule has 0 aromatic heterocycles. The summed E-state index contributed by atoms with van der Waals surface area (Å²) < 4.78 is 0. The summed E-state index contributed by atoms with van der Waals surface area (Å²) in [6.07, 6.45) is 3.73. The first-order valence-corrected chi connectivity index (χ1v) is 5.91. The molecule has 3 nitrogen and oxygen atoms in total. The van der Waals surface area contributed by atoms with Crippen LogP contribution in [0.1, 0.15) is 25.7 Å². The fraction of sp³-hybridized carbons (Fsp3) is 0.417. The van der Waals surface area contributed by atoms with Gasteiger partial charge in [-0.25, -0.2) is 0 Å². The van der Waals surface area contributed by atoms with E-state index >= 15 is 0 Å². The predicted octanol–water partition coefficient (Wildman–Crippen LogP) is 2.83. The first-order valence-electron chi connectivity index (χ1n) is 5.54. The molecule has 2 rings (SSSR count). The second-order valence-corrected chi connectivity index (χ2v) is 4.50. The van der Waals surface area contributed by atoms with Crippen LogP contribution in [0.2, 0.25) is 5.02 Å². The van der Waals surface area contributed by atoms with E-state index in [0.29, 0.717) is 17.1 Å². The molecular weight excluding hydrogens is 224 g/mol. The molecule has 0 radical (unpaired) electrons. The van der Waals surface area contributed by atoms with Crippen LogP contribution < -0.4 is 10.6 Å². The third kappa shape index (κ3) is 2.30. The summed E-state index contributed by atoms with van der Waals surface area (Å²) in [5.41, 5.74) is 7.25. The van der Waals surface area contributed by atoms with E-state index < -0.39 is 0 Å². The van der Waals surface area contributed by atoms with Gasteiger partial charge in [-0.15, -0.1) is 0 Å². The van der Waals surface area contributed by atoms with Gasteiger partial charge in [0.1, 0.15) is 0 Å². The third-order valence-electron chi connectivity index (χ3n) is 2.85. The van der Waals surface area contributed by atoms with Crippen LogP contribution in [0.3, 0.4) is 0 Å². The summed E-state index contributed by atoms with van der Waals surface area (Å²) in [4.78, 5) is 13.7. The minimum absolute atomic E-state index is 0.159. The highest BCUT2D eigenvalue weighted by atomic mass is 35.5. The highest BCUT2D eigenvalue weighted by Gasteiger charge is 2.19. The Bertz CT molecular complexity index is 406. The number of nitrogen functional groups attached to an aromatic ring is 1. The van der Waals surface area contributed by atoms with E-state index in [4.69, 9.17) is 17.3 Å². The second kappa shape index (κ2) is 4.74. The lowest BCUT2D eigenvalue weighted by Crippen LogP contribution is -2.30. The highest BCUT2D eigenvalue weighted by Crippen LogP contribution is 2.28. The number of hydrogen-bond donors (Lipinski definition) is 1. The lowest BCUT2D eigenvalue weighted by Gasteiger charge is -2.22. The van der Waals surface area contributed by atoms with Crippen molar-refractivity contribution < 1.29 is 4.79 Å². The molecule has 1 aliphatic rings. The fourth-order valence-corrected chi connectivity index (χ4v) is 2.19. The SMILES string of the molecule is Nc1cc(Cl)ccc1N1CCCCCC1=O. The van der Waals surface area contributed by atoms with Gasteiger partial charge < -0.3 is 10.6 Å². The van der Waals surface area contributed by atoms with Crippen LogP contribution in [-0.2, 0) is 4.79 Å². The van der Waals surface area contributed by atoms with Crippen molar-refractivity contribution in [3.8, 4) is 0 Å². The maximum absolute atomic E-state index is 11.9. The average molecular weight is 239 g/mol. The Hall–Kier alpha value is -1.22. The molecule has 1 aromatic rings. The van der Waals surface area contributed by atoms with Gasteiger partial charge in [-0.2, -0.15) is 0 Å². The van der Waals surface area contributed by atoms with Gasteiger partial charge in [0.15, 0.2) is 0 Å². The summed E-state index contributed by atoms with van der Waals surface area (Å²) in [6.45, 7) is 0.755. The van der Waals surface area contributed by atoms with Gasteiger partial charge in [0.05, 0.1) is 11.4 Å². The van der Waals surface area contributed by atoms with Gasteiger partial charge in [-0.3, -0.25) is 4.79 Å². The van der Waals surface area contributed by atoms with Gasteiger partial charge in [0.2, 0.25) is 5.91 Å². The Morgan fingerprint density at radius 3 is 2.81 bits per heavy atom. The molecule has 0 bridgehead atoms. The molecule has 16 heavy (non-hydrogen) atoms. The number of carbonyl (C=O) groups is 1. The first-order chi connectivity index (χ1) is 7.68. The number of benzene rings is 1. The monoisotopic (exact) mass is 238 g/mol. The van der Waals surface area contributed by atoms with E-state index in [1.807, 2.05) is 6.07 Å². The van der Waals surface area contributed by atoms with Crippen molar-refractivity contribution in [2.45, 2.75) is 25.7 Å². The molecule has 1 saturated heterocycles. The lowest BCUT2D eigenvalue weighted by atomic mass is 10.2. The smallest absolute Gasteiger partial charge is 0.227 e. The van der Waals surface area contributed by atoms with Crippen LogP contribution in [0, 0.1) is 0 Å². The third-order valence-corrected chi connectivity index (χ3v) is 3.09. The number of nitrogens with two attached hydrogens (primary N) is 1. The molecule has 1 aromatic carbocycles. The molecular formula is C12H15ClN2O. The molecule has 0 atom stereocenters. The molecule has 1 amide bonds. The van der Waals surface area contributed by atoms with Gasteiger partial charge in [0, 0.05) is 18.0 Å². The minimum Gasteiger partial charge on any atom is -0.397 e. The van der Waals surface area contributed by atoms with Crippen molar-refractivity contribution in [3.05, 3.63) is 23.2 Å². The Morgan fingerprint density at radius 2 is 2.06 bits per heavy atom. The number of amides is 1. The van der Waals surface area contributed by atoms with Crippen LogP contribution >= 0.6 is 11.6 Å². The highest BCUT2D eigenvalue weighted by molar-refractivity contribution is 6.31. The zero-order chi connectivity index (χ0) is 11.5. The molecule has 0 unspecified atom stereocenters. The van der Waals surface area contributed by atoms with Gasteiger partial charge in [0.25, 0.3) is 0 Å². The van der Waals surface area contributed by atoms with Crippen LogP contribution in [0.5, 0.6) is 0 Å². The van der Waals surface area contributed by atoms with Crippen molar-refractivity contribution in [2.75, 3.05) is 17.2 Å². The lowest BCUT2D eigenvalue weighted by molar-refractivity contribution is -0.118. The van der Waals surface area contributed by atoms with Crippen LogP contribution in [-0.4, -0.2) is 12.5 Å². The summed E-state index contributed by atoms with van der Waals surface area (Å²) in [6, 6.07) is 5.28. The molecule has 0 spiro atoms. The predicted molar refractivity (Wildman–Crippen MR) is 66.7 cm³/mol. The molecule has 86 valence electrons. The number of rotatable bonds is 1. The van der Waals surface area contributed by atoms with E-state index in [1.165, 1.54) is 0 Å².